The van der Waals surface area contributed by atoms with Crippen molar-refractivity contribution in [1.29, 1.82) is 0 Å². The Bertz CT molecular complexity index is 2530. The van der Waals surface area contributed by atoms with Crippen molar-refractivity contribution in [3.8, 4) is 11.3 Å². The number of fused-ring (bicyclic) bond motifs is 6. The van der Waals surface area contributed by atoms with Crippen LogP contribution in [0.25, 0.3) is 27.7 Å². The maximum atomic E-state index is 14.7. The molecule has 18 heteroatoms. The number of hydrogen-bond donors (Lipinski definition) is 3. The third-order valence-electron chi connectivity index (χ3n) is 13.5. The monoisotopic (exact) mass is 970 g/mol. The van der Waals surface area contributed by atoms with Crippen molar-refractivity contribution in [2.45, 2.75) is 131 Å². The summed E-state index contributed by atoms with van der Waals surface area (Å²) >= 11 is 1.35. The molecule has 2 fully saturated rings. The van der Waals surface area contributed by atoms with Gasteiger partial charge in [-0.1, -0.05) is 53.0 Å². The average Bonchev–Trinajstić information content (AvgIpc) is 3.91. The number of urea groups is 1. The van der Waals surface area contributed by atoms with Crippen molar-refractivity contribution in [3.05, 3.63) is 70.9 Å². The summed E-state index contributed by atoms with van der Waals surface area (Å²) in [6.45, 7) is 26.3. The molecule has 0 saturated carbocycles. The molecule has 3 aliphatic heterocycles. The van der Waals surface area contributed by atoms with Crippen LogP contribution in [0.4, 0.5) is 4.79 Å². The number of amides is 5. The number of nitrogens with zero attached hydrogens (tertiary/aromatic N) is 7. The van der Waals surface area contributed by atoms with Crippen LogP contribution >= 0.6 is 11.3 Å². The number of piperazine rings is 1. The molecule has 69 heavy (non-hydrogen) atoms. The van der Waals surface area contributed by atoms with Crippen molar-refractivity contribution in [2.75, 3.05) is 40.4 Å². The van der Waals surface area contributed by atoms with Gasteiger partial charge in [-0.2, -0.15) is 5.43 Å². The summed E-state index contributed by atoms with van der Waals surface area (Å²) in [5.41, 5.74) is 5.75. The van der Waals surface area contributed by atoms with E-state index in [1.807, 2.05) is 72.9 Å². The quantitative estimate of drug-likeness (QED) is 0.0895. The first kappa shape index (κ1) is 52.7. The lowest BCUT2D eigenvalue weighted by molar-refractivity contribution is -0.189. The van der Waals surface area contributed by atoms with Gasteiger partial charge >= 0.3 is 12.0 Å². The van der Waals surface area contributed by atoms with Crippen molar-refractivity contribution in [3.63, 3.8) is 0 Å². The van der Waals surface area contributed by atoms with Crippen molar-refractivity contribution >= 4 is 63.7 Å². The minimum Gasteiger partial charge on any atom is -0.462 e. The lowest BCUT2D eigenvalue weighted by Crippen LogP contribution is -2.67. The van der Waals surface area contributed by atoms with Gasteiger partial charge in [0.05, 0.1) is 34.8 Å². The van der Waals surface area contributed by atoms with Gasteiger partial charge < -0.3 is 39.2 Å². The van der Waals surface area contributed by atoms with E-state index in [1.54, 1.807) is 30.2 Å². The number of aryl methyl sites for hydroxylation is 1. The second-order valence-corrected chi connectivity index (χ2v) is 20.5. The maximum absolute atomic E-state index is 14.7. The Labute approximate surface area is 410 Å². The van der Waals surface area contributed by atoms with E-state index in [1.165, 1.54) is 27.3 Å². The zero-order valence-electron chi connectivity index (χ0n) is 42.1. The Hall–Kier alpha value is -5.69. The Balaban J connectivity index is 1.43. The number of aliphatic imine (C=N–C) groups is 1. The maximum Gasteiger partial charge on any atom is 0.355 e. The van der Waals surface area contributed by atoms with Gasteiger partial charge in [-0.05, 0) is 77.2 Å². The molecule has 0 unspecified atom stereocenters. The van der Waals surface area contributed by atoms with E-state index in [4.69, 9.17) is 19.5 Å². The minimum absolute atomic E-state index is 0.0267. The number of likely N-dealkylation sites (N-methyl/N-ethyl adjacent to an activating group) is 1. The molecule has 3 N–H and O–H groups in total. The number of nitrogens with one attached hydrogen (secondary N) is 2. The molecule has 6 atom stereocenters. The molecule has 17 nitrogen and oxygen atoms in total. The molecule has 3 aliphatic rings. The normalized spacial score (nSPS) is 23.6. The highest BCUT2D eigenvalue weighted by molar-refractivity contribution is 7.10. The second kappa shape index (κ2) is 21.5. The summed E-state index contributed by atoms with van der Waals surface area (Å²) in [7, 11) is 3.21. The lowest BCUT2D eigenvalue weighted by atomic mass is 9.84. The largest absolute Gasteiger partial charge is 0.462 e. The van der Waals surface area contributed by atoms with Crippen LogP contribution in [0.2, 0.25) is 0 Å². The smallest absolute Gasteiger partial charge is 0.355 e. The molecule has 5 heterocycles. The van der Waals surface area contributed by atoms with Crippen LogP contribution in [-0.4, -0.2) is 147 Å². The topological polar surface area (TPSA) is 191 Å². The zero-order chi connectivity index (χ0) is 50.7. The molecular formula is C51H71N9O8S. The number of thiazole rings is 1. The Kier molecular flexibility index (Phi) is 16.4. The molecule has 0 aliphatic carbocycles. The van der Waals surface area contributed by atoms with Crippen molar-refractivity contribution in [2.24, 2.45) is 16.3 Å². The summed E-state index contributed by atoms with van der Waals surface area (Å²) in [5, 5.41) is 19.5. The summed E-state index contributed by atoms with van der Waals surface area (Å²) < 4.78 is 14.0. The van der Waals surface area contributed by atoms with Crippen LogP contribution < -0.4 is 10.7 Å². The van der Waals surface area contributed by atoms with Gasteiger partial charge in [0, 0.05) is 104 Å². The third-order valence-corrected chi connectivity index (χ3v) is 14.3. The molecule has 2 aromatic heterocycles. The van der Waals surface area contributed by atoms with E-state index >= 15 is 0 Å². The number of carbonyl (C=O) groups excluding carboxylic acids is 5. The van der Waals surface area contributed by atoms with E-state index < -0.39 is 47.0 Å². The van der Waals surface area contributed by atoms with Crippen LogP contribution in [0, 0.1) is 11.3 Å². The number of benzene rings is 1. The molecule has 374 valence electrons. The van der Waals surface area contributed by atoms with E-state index in [-0.39, 0.29) is 69.0 Å². The number of methoxy groups -OCH3 is 1. The number of cyclic esters (lactones) is 1. The van der Waals surface area contributed by atoms with Crippen LogP contribution in [0.1, 0.15) is 91.4 Å². The fraction of sp³-hybridized carbons (Fsp3) is 0.549. The number of ether oxygens (including phenoxy) is 2. The van der Waals surface area contributed by atoms with Gasteiger partial charge in [-0.25, -0.2) is 14.6 Å². The van der Waals surface area contributed by atoms with Gasteiger partial charge in [0.15, 0.2) is 0 Å². The predicted molar refractivity (Wildman–Crippen MR) is 269 cm³/mol. The molecule has 6 bridgehead atoms. The zero-order valence-corrected chi connectivity index (χ0v) is 42.9. The minimum atomic E-state index is -2.25. The highest BCUT2D eigenvalue weighted by atomic mass is 32.1. The van der Waals surface area contributed by atoms with Crippen molar-refractivity contribution in [1.82, 2.24) is 40.0 Å². The van der Waals surface area contributed by atoms with Gasteiger partial charge in [0.1, 0.15) is 12.1 Å². The van der Waals surface area contributed by atoms with Crippen LogP contribution in [0.3, 0.4) is 0 Å². The fourth-order valence-electron chi connectivity index (χ4n) is 9.84. The summed E-state index contributed by atoms with van der Waals surface area (Å²) in [6.07, 6.45) is 5.10. The highest BCUT2D eigenvalue weighted by Gasteiger charge is 2.46. The molecule has 0 spiro atoms. The number of aromatic nitrogens is 2. The SMILES string of the molecule is C=CC(=O)N1C[C@@H](C)N(C(=O)N(C)[C@H](C(=O)N[C@H]2Cc3nc(cs3)-c3ccc4c(c3)c(c(/C(C=C)=C(/N=C\C)[C@H](C)OC)n4CC)CC(C)(C)COC(=O)[C@@]3(O)CCCN(N3)C2=O)C(C)C)C[C@@H]1C. The Morgan fingerprint density at radius 2 is 1.83 bits per heavy atom. The molecule has 0 radical (unpaired) electrons. The highest BCUT2D eigenvalue weighted by Crippen LogP contribution is 2.40. The first-order valence-electron chi connectivity index (χ1n) is 23.9. The van der Waals surface area contributed by atoms with E-state index in [9.17, 15) is 29.1 Å². The van der Waals surface area contributed by atoms with Gasteiger partial charge in [0.2, 0.25) is 17.5 Å². The average molecular weight is 970 g/mol. The Morgan fingerprint density at radius 3 is 2.46 bits per heavy atom. The van der Waals surface area contributed by atoms with E-state index in [2.05, 4.69) is 47.5 Å². The molecule has 6 rings (SSSR count). The first-order chi connectivity index (χ1) is 32.6. The fourth-order valence-corrected chi connectivity index (χ4v) is 10.7. The number of hydrogen-bond acceptors (Lipinski definition) is 12. The van der Waals surface area contributed by atoms with E-state index in [0.717, 1.165) is 33.3 Å². The summed E-state index contributed by atoms with van der Waals surface area (Å²) in [5.74, 6) is -2.71. The standard InChI is InChI=1S/C51H71N9O8S/c1-14-35(43(52-16-3)33(9)67-13)45-37-25-50(10,11)29-68-48(64)51(66)21-18-22-60(55-51)47(63)38(24-41-53-39(28-69-41)34-19-20-40(36(37)23-34)57(45)17-4)54-46(62)44(30(5)6)56(12)49(65)59-27-31(7)58(26-32(59)8)42(61)15-2/h14-16,19-20,23,28,30-33,38,44,55,66H,1-2,17-18,21-22,24-27,29H2,3-13H3,(H,54,62)/b43-35+,52-16-/t31-,32+,33-,38-,44-,51-/m0/s1. The van der Waals surface area contributed by atoms with E-state index in [0.29, 0.717) is 35.9 Å². The molecule has 5 amide bonds. The number of carbonyl (C=O) groups is 5. The molecule has 1 aromatic carbocycles. The predicted octanol–water partition coefficient (Wildman–Crippen LogP) is 5.96. The first-order valence-corrected chi connectivity index (χ1v) is 24.8. The summed E-state index contributed by atoms with van der Waals surface area (Å²) in [6, 6.07) is 2.94. The van der Waals surface area contributed by atoms with Crippen LogP contribution in [-0.2, 0) is 48.0 Å². The molecule has 2 saturated heterocycles. The number of esters is 1. The number of rotatable bonds is 11. The lowest BCUT2D eigenvalue weighted by Gasteiger charge is -2.46. The second-order valence-electron chi connectivity index (χ2n) is 19.6. The third kappa shape index (κ3) is 10.9. The van der Waals surface area contributed by atoms with Gasteiger partial charge in [-0.15, -0.1) is 11.3 Å². The van der Waals surface area contributed by atoms with Crippen LogP contribution in [0.5, 0.6) is 0 Å². The van der Waals surface area contributed by atoms with Gasteiger partial charge in [0.25, 0.3) is 5.91 Å². The number of allylic oxidation sites excluding steroid dienone is 2. The van der Waals surface area contributed by atoms with Crippen LogP contribution in [0.15, 0.2) is 59.6 Å². The molecular weight excluding hydrogens is 899 g/mol. The Morgan fingerprint density at radius 1 is 1.13 bits per heavy atom. The van der Waals surface area contributed by atoms with Gasteiger partial charge in [-0.3, -0.25) is 24.4 Å². The molecule has 3 aromatic rings. The van der Waals surface area contributed by atoms with Crippen molar-refractivity contribution < 1.29 is 38.6 Å². The number of hydrazine groups is 1. The summed E-state index contributed by atoms with van der Waals surface area (Å²) in [4.78, 5) is 84.7. The number of aliphatic hydroxyl groups is 1.